The summed E-state index contributed by atoms with van der Waals surface area (Å²) < 4.78 is 5.24. The Bertz CT molecular complexity index is 535. The number of hydrogen-bond acceptors (Lipinski definition) is 3. The molecule has 0 saturated heterocycles. The van der Waals surface area contributed by atoms with Gasteiger partial charge < -0.3 is 4.42 Å². The third kappa shape index (κ3) is 3.46. The van der Waals surface area contributed by atoms with Crippen molar-refractivity contribution in [2.75, 3.05) is 0 Å². The van der Waals surface area contributed by atoms with Gasteiger partial charge in [-0.05, 0) is 29.2 Å². The summed E-state index contributed by atoms with van der Waals surface area (Å²) in [4.78, 5) is 0. The summed E-state index contributed by atoms with van der Waals surface area (Å²) >= 11 is 0. The Labute approximate surface area is 113 Å². The molecule has 19 heavy (non-hydrogen) atoms. The molecule has 0 saturated carbocycles. The number of furan rings is 1. The monoisotopic (exact) mass is 254 g/mol. The molecule has 1 atom stereocenters. The SMILES string of the molecule is CC(C)c1ccc(C(C#N)NCc2ccco2)cc1. The van der Waals surface area contributed by atoms with Crippen LogP contribution >= 0.6 is 0 Å². The Morgan fingerprint density at radius 2 is 1.84 bits per heavy atom. The molecular formula is C16H18N2O. The number of hydrogen-bond donors (Lipinski definition) is 1. The second kappa shape index (κ2) is 6.21. The summed E-state index contributed by atoms with van der Waals surface area (Å²) in [6, 6.07) is 13.9. The number of nitrogens with one attached hydrogen (secondary N) is 1. The summed E-state index contributed by atoms with van der Waals surface area (Å²) in [6.45, 7) is 4.87. The first-order valence-electron chi connectivity index (χ1n) is 6.46. The van der Waals surface area contributed by atoms with Crippen molar-refractivity contribution in [3.05, 3.63) is 59.5 Å². The van der Waals surface area contributed by atoms with Crippen molar-refractivity contribution in [2.24, 2.45) is 0 Å². The van der Waals surface area contributed by atoms with Crippen LogP contribution in [0.2, 0.25) is 0 Å². The van der Waals surface area contributed by atoms with E-state index >= 15 is 0 Å². The fraction of sp³-hybridized carbons (Fsp3) is 0.312. The summed E-state index contributed by atoms with van der Waals surface area (Å²) in [7, 11) is 0. The number of benzene rings is 1. The highest BCUT2D eigenvalue weighted by atomic mass is 16.3. The fourth-order valence-electron chi connectivity index (χ4n) is 1.93. The second-order valence-electron chi connectivity index (χ2n) is 4.84. The third-order valence-corrected chi connectivity index (χ3v) is 3.13. The number of nitrogens with zero attached hydrogens (tertiary/aromatic N) is 1. The van der Waals surface area contributed by atoms with Gasteiger partial charge in [-0.2, -0.15) is 5.26 Å². The molecule has 0 amide bonds. The highest BCUT2D eigenvalue weighted by Gasteiger charge is 2.10. The predicted octanol–water partition coefficient (Wildman–Crippen LogP) is 3.76. The molecule has 0 spiro atoms. The quantitative estimate of drug-likeness (QED) is 0.883. The van der Waals surface area contributed by atoms with Crippen LogP contribution in [-0.2, 0) is 6.54 Å². The van der Waals surface area contributed by atoms with Gasteiger partial charge in [0.2, 0.25) is 0 Å². The molecule has 3 nitrogen and oxygen atoms in total. The van der Waals surface area contributed by atoms with Gasteiger partial charge in [0.05, 0.1) is 18.9 Å². The lowest BCUT2D eigenvalue weighted by atomic mass is 9.99. The van der Waals surface area contributed by atoms with Crippen LogP contribution in [0.4, 0.5) is 0 Å². The molecule has 0 fully saturated rings. The van der Waals surface area contributed by atoms with E-state index in [9.17, 15) is 5.26 Å². The van der Waals surface area contributed by atoms with Crippen molar-refractivity contribution < 1.29 is 4.42 Å². The van der Waals surface area contributed by atoms with E-state index in [2.05, 4.69) is 37.4 Å². The predicted molar refractivity (Wildman–Crippen MR) is 74.4 cm³/mol. The second-order valence-corrected chi connectivity index (χ2v) is 4.84. The van der Waals surface area contributed by atoms with Crippen molar-refractivity contribution in [3.8, 4) is 6.07 Å². The van der Waals surface area contributed by atoms with E-state index < -0.39 is 0 Å². The zero-order valence-corrected chi connectivity index (χ0v) is 11.3. The Morgan fingerprint density at radius 1 is 1.16 bits per heavy atom. The van der Waals surface area contributed by atoms with Gasteiger partial charge in [-0.3, -0.25) is 5.32 Å². The van der Waals surface area contributed by atoms with E-state index in [0.717, 1.165) is 11.3 Å². The van der Waals surface area contributed by atoms with Crippen LogP contribution < -0.4 is 5.32 Å². The zero-order chi connectivity index (χ0) is 13.7. The van der Waals surface area contributed by atoms with Crippen LogP contribution in [0.1, 0.15) is 42.7 Å². The molecule has 0 bridgehead atoms. The van der Waals surface area contributed by atoms with E-state index in [-0.39, 0.29) is 6.04 Å². The normalized spacial score (nSPS) is 12.3. The Morgan fingerprint density at radius 3 is 2.37 bits per heavy atom. The first kappa shape index (κ1) is 13.4. The van der Waals surface area contributed by atoms with Crippen molar-refractivity contribution in [1.29, 1.82) is 5.26 Å². The lowest BCUT2D eigenvalue weighted by Crippen LogP contribution is -2.19. The lowest BCUT2D eigenvalue weighted by molar-refractivity contribution is 0.473. The molecule has 2 rings (SSSR count). The van der Waals surface area contributed by atoms with Crippen LogP contribution in [0.5, 0.6) is 0 Å². The Kier molecular flexibility index (Phi) is 4.38. The molecule has 1 aromatic heterocycles. The topological polar surface area (TPSA) is 49.0 Å². The molecule has 98 valence electrons. The molecule has 3 heteroatoms. The Hall–Kier alpha value is -2.05. The number of rotatable bonds is 5. The van der Waals surface area contributed by atoms with Crippen LogP contribution in [-0.4, -0.2) is 0 Å². The summed E-state index contributed by atoms with van der Waals surface area (Å²) in [5, 5.41) is 12.4. The van der Waals surface area contributed by atoms with Gasteiger partial charge in [-0.25, -0.2) is 0 Å². The van der Waals surface area contributed by atoms with Crippen LogP contribution in [0.25, 0.3) is 0 Å². The van der Waals surface area contributed by atoms with Crippen LogP contribution in [0, 0.1) is 11.3 Å². The minimum absolute atomic E-state index is 0.314. The minimum atomic E-state index is -0.314. The largest absolute Gasteiger partial charge is 0.468 e. The van der Waals surface area contributed by atoms with E-state index in [1.807, 2.05) is 24.3 Å². The van der Waals surface area contributed by atoms with Crippen molar-refractivity contribution in [1.82, 2.24) is 5.32 Å². The first-order valence-corrected chi connectivity index (χ1v) is 6.46. The summed E-state index contributed by atoms with van der Waals surface area (Å²) in [5.41, 5.74) is 2.27. The summed E-state index contributed by atoms with van der Waals surface area (Å²) in [6.07, 6.45) is 1.63. The van der Waals surface area contributed by atoms with Gasteiger partial charge in [0.1, 0.15) is 11.8 Å². The molecule has 1 aromatic carbocycles. The van der Waals surface area contributed by atoms with E-state index in [1.54, 1.807) is 6.26 Å². The van der Waals surface area contributed by atoms with Gasteiger partial charge >= 0.3 is 0 Å². The van der Waals surface area contributed by atoms with Gasteiger partial charge in [0.15, 0.2) is 0 Å². The number of nitriles is 1. The lowest BCUT2D eigenvalue weighted by Gasteiger charge is -2.12. The average molecular weight is 254 g/mol. The molecule has 1 N–H and O–H groups in total. The van der Waals surface area contributed by atoms with E-state index in [4.69, 9.17) is 4.42 Å². The highest BCUT2D eigenvalue weighted by Crippen LogP contribution is 2.18. The van der Waals surface area contributed by atoms with Gasteiger partial charge in [-0.1, -0.05) is 38.1 Å². The minimum Gasteiger partial charge on any atom is -0.468 e. The van der Waals surface area contributed by atoms with Crippen LogP contribution in [0.3, 0.4) is 0 Å². The standard InChI is InChI=1S/C16H18N2O/c1-12(2)13-5-7-14(8-6-13)16(10-17)18-11-15-4-3-9-19-15/h3-9,12,16,18H,11H2,1-2H3. The molecular weight excluding hydrogens is 236 g/mol. The smallest absolute Gasteiger partial charge is 0.121 e. The molecule has 2 aromatic rings. The Balaban J connectivity index is 2.03. The third-order valence-electron chi connectivity index (χ3n) is 3.13. The van der Waals surface area contributed by atoms with Crippen molar-refractivity contribution >= 4 is 0 Å². The van der Waals surface area contributed by atoms with Gasteiger partial charge in [0.25, 0.3) is 0 Å². The summed E-state index contributed by atoms with van der Waals surface area (Å²) in [5.74, 6) is 1.34. The maximum absolute atomic E-state index is 9.24. The van der Waals surface area contributed by atoms with Crippen molar-refractivity contribution in [3.63, 3.8) is 0 Å². The molecule has 0 aliphatic rings. The van der Waals surface area contributed by atoms with Crippen molar-refractivity contribution in [2.45, 2.75) is 32.4 Å². The van der Waals surface area contributed by atoms with Gasteiger partial charge in [0, 0.05) is 0 Å². The zero-order valence-electron chi connectivity index (χ0n) is 11.3. The molecule has 1 unspecified atom stereocenters. The highest BCUT2D eigenvalue weighted by molar-refractivity contribution is 5.29. The fourth-order valence-corrected chi connectivity index (χ4v) is 1.93. The average Bonchev–Trinajstić information content (AvgIpc) is 2.93. The van der Waals surface area contributed by atoms with E-state index in [0.29, 0.717) is 12.5 Å². The first-order chi connectivity index (χ1) is 9.20. The molecule has 0 aliphatic carbocycles. The van der Waals surface area contributed by atoms with Crippen LogP contribution in [0.15, 0.2) is 47.1 Å². The maximum Gasteiger partial charge on any atom is 0.121 e. The molecule has 0 radical (unpaired) electrons. The maximum atomic E-state index is 9.24. The molecule has 1 heterocycles. The van der Waals surface area contributed by atoms with Gasteiger partial charge in [-0.15, -0.1) is 0 Å². The van der Waals surface area contributed by atoms with E-state index in [1.165, 1.54) is 5.56 Å². The molecule has 0 aliphatic heterocycles.